The average molecular weight is 232 g/mol. The van der Waals surface area contributed by atoms with Crippen LogP contribution in [0.1, 0.15) is 10.4 Å². The lowest BCUT2D eigenvalue weighted by Gasteiger charge is -2.11. The Kier molecular flexibility index (Phi) is 3.15. The van der Waals surface area contributed by atoms with Crippen LogP contribution < -0.4 is 0 Å². The van der Waals surface area contributed by atoms with Gasteiger partial charge in [-0.25, -0.2) is 4.79 Å². The van der Waals surface area contributed by atoms with E-state index in [1.54, 1.807) is 12.1 Å². The van der Waals surface area contributed by atoms with Gasteiger partial charge in [0, 0.05) is 24.8 Å². The standard InChI is InChI=1S/C13H16N2O2/c1-14(2)7-8-15-6-5-10-3-4-11(13(16)17)9-12(10)15/h3-6,9H,7-8H2,1-2H3,(H,16,17). The number of fused-ring (bicyclic) bond motifs is 1. The first-order chi connectivity index (χ1) is 8.08. The van der Waals surface area contributed by atoms with Crippen LogP contribution in [0, 0.1) is 0 Å². The zero-order valence-corrected chi connectivity index (χ0v) is 10.1. The molecule has 0 saturated carbocycles. The Bertz CT molecular complexity index is 543. The van der Waals surface area contributed by atoms with E-state index in [0.717, 1.165) is 24.0 Å². The molecule has 1 aromatic heterocycles. The summed E-state index contributed by atoms with van der Waals surface area (Å²) in [6, 6.07) is 7.23. The van der Waals surface area contributed by atoms with Crippen molar-refractivity contribution in [2.24, 2.45) is 0 Å². The molecule has 0 unspecified atom stereocenters. The minimum Gasteiger partial charge on any atom is -0.478 e. The summed E-state index contributed by atoms with van der Waals surface area (Å²) < 4.78 is 2.09. The van der Waals surface area contributed by atoms with Crippen molar-refractivity contribution in [2.75, 3.05) is 20.6 Å². The molecule has 4 heteroatoms. The quantitative estimate of drug-likeness (QED) is 0.875. The summed E-state index contributed by atoms with van der Waals surface area (Å²) >= 11 is 0. The number of nitrogens with zero attached hydrogens (tertiary/aromatic N) is 2. The van der Waals surface area contributed by atoms with Crippen molar-refractivity contribution in [2.45, 2.75) is 6.54 Å². The fourth-order valence-corrected chi connectivity index (χ4v) is 1.82. The second-order valence-corrected chi connectivity index (χ2v) is 4.39. The largest absolute Gasteiger partial charge is 0.478 e. The molecule has 0 atom stereocenters. The van der Waals surface area contributed by atoms with Gasteiger partial charge in [0.2, 0.25) is 0 Å². The van der Waals surface area contributed by atoms with E-state index in [9.17, 15) is 4.79 Å². The molecule has 2 aromatic rings. The van der Waals surface area contributed by atoms with Crippen LogP contribution >= 0.6 is 0 Å². The van der Waals surface area contributed by atoms with E-state index in [1.807, 2.05) is 32.4 Å². The zero-order valence-electron chi connectivity index (χ0n) is 10.1. The molecular weight excluding hydrogens is 216 g/mol. The summed E-state index contributed by atoms with van der Waals surface area (Å²) in [7, 11) is 4.04. The maximum absolute atomic E-state index is 10.9. The van der Waals surface area contributed by atoms with Gasteiger partial charge in [-0.1, -0.05) is 6.07 Å². The molecule has 0 aliphatic rings. The minimum absolute atomic E-state index is 0.335. The first-order valence-corrected chi connectivity index (χ1v) is 5.55. The smallest absolute Gasteiger partial charge is 0.335 e. The Balaban J connectivity index is 2.36. The number of carboxylic acid groups (broad SMARTS) is 1. The molecule has 0 saturated heterocycles. The number of aromatic nitrogens is 1. The molecule has 1 N–H and O–H groups in total. The zero-order chi connectivity index (χ0) is 12.4. The molecule has 0 aliphatic heterocycles. The van der Waals surface area contributed by atoms with E-state index < -0.39 is 5.97 Å². The molecular formula is C13H16N2O2. The molecule has 0 spiro atoms. The van der Waals surface area contributed by atoms with Gasteiger partial charge in [-0.15, -0.1) is 0 Å². The number of hydrogen-bond acceptors (Lipinski definition) is 2. The molecule has 2 rings (SSSR count). The average Bonchev–Trinajstić information content (AvgIpc) is 2.68. The summed E-state index contributed by atoms with van der Waals surface area (Å²) in [5, 5.41) is 10.1. The molecule has 90 valence electrons. The highest BCUT2D eigenvalue weighted by Crippen LogP contribution is 2.17. The van der Waals surface area contributed by atoms with Crippen LogP contribution in [-0.2, 0) is 6.54 Å². The fraction of sp³-hybridized carbons (Fsp3) is 0.308. The van der Waals surface area contributed by atoms with Crippen LogP contribution in [0.3, 0.4) is 0 Å². The van der Waals surface area contributed by atoms with Gasteiger partial charge in [-0.2, -0.15) is 0 Å². The van der Waals surface area contributed by atoms with Crippen molar-refractivity contribution in [3.8, 4) is 0 Å². The highest BCUT2D eigenvalue weighted by molar-refractivity contribution is 5.93. The Hall–Kier alpha value is -1.81. The third-order valence-electron chi connectivity index (χ3n) is 2.81. The Labute approximate surface area is 100 Å². The third-order valence-corrected chi connectivity index (χ3v) is 2.81. The van der Waals surface area contributed by atoms with E-state index >= 15 is 0 Å². The molecule has 0 aliphatic carbocycles. The fourth-order valence-electron chi connectivity index (χ4n) is 1.82. The summed E-state index contributed by atoms with van der Waals surface area (Å²) in [6.07, 6.45) is 2.00. The van der Waals surface area contributed by atoms with Gasteiger partial charge in [0.05, 0.1) is 5.56 Å². The number of carboxylic acids is 1. The van der Waals surface area contributed by atoms with E-state index in [0.29, 0.717) is 5.56 Å². The predicted octanol–water partition coefficient (Wildman–Crippen LogP) is 1.90. The van der Waals surface area contributed by atoms with E-state index in [1.165, 1.54) is 0 Å². The number of likely N-dealkylation sites (N-methyl/N-ethyl adjacent to an activating group) is 1. The topological polar surface area (TPSA) is 45.5 Å². The summed E-state index contributed by atoms with van der Waals surface area (Å²) in [6.45, 7) is 1.79. The Morgan fingerprint density at radius 3 is 2.76 bits per heavy atom. The molecule has 0 amide bonds. The van der Waals surface area contributed by atoms with Gasteiger partial charge in [-0.3, -0.25) is 0 Å². The second kappa shape index (κ2) is 4.59. The van der Waals surface area contributed by atoms with Crippen molar-refractivity contribution in [1.29, 1.82) is 0 Å². The molecule has 1 heterocycles. The number of aromatic carboxylic acids is 1. The van der Waals surface area contributed by atoms with Crippen molar-refractivity contribution in [3.05, 3.63) is 36.0 Å². The van der Waals surface area contributed by atoms with Crippen LogP contribution in [0.25, 0.3) is 10.9 Å². The van der Waals surface area contributed by atoms with Crippen molar-refractivity contribution in [3.63, 3.8) is 0 Å². The summed E-state index contributed by atoms with van der Waals surface area (Å²) in [4.78, 5) is 13.0. The molecule has 0 fully saturated rings. The van der Waals surface area contributed by atoms with Crippen LogP contribution in [0.5, 0.6) is 0 Å². The van der Waals surface area contributed by atoms with Crippen LogP contribution in [0.4, 0.5) is 0 Å². The van der Waals surface area contributed by atoms with Crippen LogP contribution in [0.2, 0.25) is 0 Å². The number of hydrogen-bond donors (Lipinski definition) is 1. The lowest BCUT2D eigenvalue weighted by molar-refractivity contribution is 0.0697. The monoisotopic (exact) mass is 232 g/mol. The van der Waals surface area contributed by atoms with Gasteiger partial charge in [0.15, 0.2) is 0 Å². The van der Waals surface area contributed by atoms with Gasteiger partial charge in [-0.05, 0) is 37.7 Å². The van der Waals surface area contributed by atoms with E-state index in [2.05, 4.69) is 9.47 Å². The molecule has 17 heavy (non-hydrogen) atoms. The normalized spacial score (nSPS) is 11.2. The molecule has 0 radical (unpaired) electrons. The number of rotatable bonds is 4. The van der Waals surface area contributed by atoms with E-state index in [-0.39, 0.29) is 0 Å². The van der Waals surface area contributed by atoms with Gasteiger partial charge < -0.3 is 14.6 Å². The van der Waals surface area contributed by atoms with Gasteiger partial charge in [0.1, 0.15) is 0 Å². The third kappa shape index (κ3) is 2.47. The van der Waals surface area contributed by atoms with Crippen LogP contribution in [0.15, 0.2) is 30.5 Å². The second-order valence-electron chi connectivity index (χ2n) is 4.39. The Morgan fingerprint density at radius 1 is 1.35 bits per heavy atom. The first-order valence-electron chi connectivity index (χ1n) is 5.55. The molecule has 0 bridgehead atoms. The lowest BCUT2D eigenvalue weighted by atomic mass is 10.1. The first kappa shape index (κ1) is 11.7. The van der Waals surface area contributed by atoms with Crippen molar-refractivity contribution < 1.29 is 9.90 Å². The maximum atomic E-state index is 10.9. The lowest BCUT2D eigenvalue weighted by Crippen LogP contribution is -2.17. The Morgan fingerprint density at radius 2 is 2.12 bits per heavy atom. The number of carbonyl (C=O) groups is 1. The predicted molar refractivity (Wildman–Crippen MR) is 67.5 cm³/mol. The van der Waals surface area contributed by atoms with Crippen LogP contribution in [-0.4, -0.2) is 41.2 Å². The van der Waals surface area contributed by atoms with E-state index in [4.69, 9.17) is 5.11 Å². The maximum Gasteiger partial charge on any atom is 0.335 e. The highest BCUT2D eigenvalue weighted by atomic mass is 16.4. The highest BCUT2D eigenvalue weighted by Gasteiger charge is 2.06. The summed E-state index contributed by atoms with van der Waals surface area (Å²) in [5.74, 6) is -0.882. The van der Waals surface area contributed by atoms with Gasteiger partial charge >= 0.3 is 5.97 Å². The minimum atomic E-state index is -0.882. The SMILES string of the molecule is CN(C)CCn1ccc2ccc(C(=O)O)cc21. The molecule has 4 nitrogen and oxygen atoms in total. The van der Waals surface area contributed by atoms with Crippen molar-refractivity contribution in [1.82, 2.24) is 9.47 Å². The molecule has 1 aromatic carbocycles. The number of benzene rings is 1. The van der Waals surface area contributed by atoms with Crippen molar-refractivity contribution >= 4 is 16.9 Å². The summed E-state index contributed by atoms with van der Waals surface area (Å²) in [5.41, 5.74) is 1.31. The van der Waals surface area contributed by atoms with Gasteiger partial charge in [0.25, 0.3) is 0 Å².